The van der Waals surface area contributed by atoms with Crippen molar-refractivity contribution >= 4 is 5.91 Å². The third-order valence-corrected chi connectivity index (χ3v) is 5.66. The van der Waals surface area contributed by atoms with Gasteiger partial charge in [-0.2, -0.15) is 0 Å². The van der Waals surface area contributed by atoms with Crippen LogP contribution in [0.2, 0.25) is 0 Å². The standard InChI is InChI=1S/C19H27FN6O/c1-4-19(2,3)26-18(22-23-24-26)16(13-5-7-15(20)8-6-13)25-11-9-14(10-12-25)17(21)27/h5-8,14,16H,4,9-12H2,1-3H3,(H2,21,27)/t16-/m1/s1. The van der Waals surface area contributed by atoms with Crippen LogP contribution in [0.5, 0.6) is 0 Å². The van der Waals surface area contributed by atoms with Crippen molar-refractivity contribution in [3.63, 3.8) is 0 Å². The zero-order chi connectivity index (χ0) is 19.6. The van der Waals surface area contributed by atoms with E-state index < -0.39 is 0 Å². The number of halogens is 1. The van der Waals surface area contributed by atoms with Crippen LogP contribution in [0.15, 0.2) is 24.3 Å². The van der Waals surface area contributed by atoms with Crippen LogP contribution in [-0.2, 0) is 10.3 Å². The number of tetrazole rings is 1. The molecule has 0 saturated carbocycles. The third-order valence-electron chi connectivity index (χ3n) is 5.66. The van der Waals surface area contributed by atoms with Crippen LogP contribution in [0, 0.1) is 11.7 Å². The summed E-state index contributed by atoms with van der Waals surface area (Å²) in [7, 11) is 0. The molecule has 1 atom stereocenters. The van der Waals surface area contributed by atoms with Crippen molar-refractivity contribution in [2.75, 3.05) is 13.1 Å². The molecule has 0 spiro atoms. The molecule has 7 nitrogen and oxygen atoms in total. The molecule has 2 aromatic rings. The first kappa shape index (κ1) is 19.4. The lowest BCUT2D eigenvalue weighted by atomic mass is 9.93. The predicted octanol–water partition coefficient (Wildman–Crippen LogP) is 2.24. The van der Waals surface area contributed by atoms with E-state index in [0.29, 0.717) is 25.9 Å². The number of likely N-dealkylation sites (tertiary alicyclic amines) is 1. The lowest BCUT2D eigenvalue weighted by Crippen LogP contribution is -2.42. The van der Waals surface area contributed by atoms with Gasteiger partial charge in [-0.1, -0.05) is 19.1 Å². The lowest BCUT2D eigenvalue weighted by Gasteiger charge is -2.37. The van der Waals surface area contributed by atoms with Crippen LogP contribution < -0.4 is 5.73 Å². The number of benzene rings is 1. The van der Waals surface area contributed by atoms with Gasteiger partial charge in [0, 0.05) is 5.92 Å². The summed E-state index contributed by atoms with van der Waals surface area (Å²) >= 11 is 0. The molecule has 27 heavy (non-hydrogen) atoms. The second-order valence-electron chi connectivity index (χ2n) is 7.78. The van der Waals surface area contributed by atoms with E-state index in [9.17, 15) is 9.18 Å². The average Bonchev–Trinajstić information content (AvgIpc) is 3.14. The van der Waals surface area contributed by atoms with E-state index in [1.165, 1.54) is 12.1 Å². The van der Waals surface area contributed by atoms with E-state index in [1.807, 2.05) is 4.68 Å². The van der Waals surface area contributed by atoms with E-state index in [4.69, 9.17) is 5.73 Å². The fourth-order valence-electron chi connectivity index (χ4n) is 3.56. The summed E-state index contributed by atoms with van der Waals surface area (Å²) < 4.78 is 15.3. The minimum absolute atomic E-state index is 0.0989. The van der Waals surface area contributed by atoms with Crippen molar-refractivity contribution in [3.05, 3.63) is 41.5 Å². The zero-order valence-corrected chi connectivity index (χ0v) is 16.1. The fraction of sp³-hybridized carbons (Fsp3) is 0.579. The van der Waals surface area contributed by atoms with Crippen molar-refractivity contribution in [2.45, 2.75) is 51.6 Å². The molecule has 1 aromatic carbocycles. The van der Waals surface area contributed by atoms with E-state index in [1.54, 1.807) is 12.1 Å². The van der Waals surface area contributed by atoms with Gasteiger partial charge in [-0.15, -0.1) is 5.10 Å². The van der Waals surface area contributed by atoms with Crippen LogP contribution >= 0.6 is 0 Å². The topological polar surface area (TPSA) is 89.9 Å². The SMILES string of the molecule is CCC(C)(C)n1nnnc1[C@@H](c1ccc(F)cc1)N1CCC(C(N)=O)CC1. The maximum atomic E-state index is 13.5. The number of hydrogen-bond donors (Lipinski definition) is 1. The Morgan fingerprint density at radius 1 is 1.30 bits per heavy atom. The Labute approximate surface area is 158 Å². The molecule has 1 aliphatic rings. The molecule has 2 N–H and O–H groups in total. The molecular weight excluding hydrogens is 347 g/mol. The van der Waals surface area contributed by atoms with Crippen molar-refractivity contribution in [1.82, 2.24) is 25.1 Å². The summed E-state index contributed by atoms with van der Waals surface area (Å²) in [4.78, 5) is 13.8. The Morgan fingerprint density at radius 3 is 2.48 bits per heavy atom. The summed E-state index contributed by atoms with van der Waals surface area (Å²) in [6.07, 6.45) is 2.27. The number of rotatable bonds is 6. The molecule has 0 aliphatic carbocycles. The van der Waals surface area contributed by atoms with Crippen molar-refractivity contribution in [2.24, 2.45) is 11.7 Å². The lowest BCUT2D eigenvalue weighted by molar-refractivity contribution is -0.123. The summed E-state index contributed by atoms with van der Waals surface area (Å²) in [5, 5.41) is 12.5. The summed E-state index contributed by atoms with van der Waals surface area (Å²) in [5.74, 6) is 0.104. The average molecular weight is 374 g/mol. The first-order valence-corrected chi connectivity index (χ1v) is 9.41. The van der Waals surface area contributed by atoms with Crippen LogP contribution in [0.1, 0.15) is 57.5 Å². The number of piperidine rings is 1. The molecule has 1 saturated heterocycles. The highest BCUT2D eigenvalue weighted by Gasteiger charge is 2.35. The Bertz CT molecular complexity index is 780. The normalized spacial score (nSPS) is 17.8. The largest absolute Gasteiger partial charge is 0.369 e. The van der Waals surface area contributed by atoms with E-state index >= 15 is 0 Å². The molecule has 146 valence electrons. The van der Waals surface area contributed by atoms with Gasteiger partial charge in [0.2, 0.25) is 5.91 Å². The smallest absolute Gasteiger partial charge is 0.220 e. The second-order valence-corrected chi connectivity index (χ2v) is 7.78. The summed E-state index contributed by atoms with van der Waals surface area (Å²) in [5.41, 5.74) is 6.16. The van der Waals surface area contributed by atoms with Crippen molar-refractivity contribution < 1.29 is 9.18 Å². The Hall–Kier alpha value is -2.35. The van der Waals surface area contributed by atoms with Crippen LogP contribution in [0.4, 0.5) is 4.39 Å². The first-order chi connectivity index (χ1) is 12.8. The fourth-order valence-corrected chi connectivity index (χ4v) is 3.56. The minimum Gasteiger partial charge on any atom is -0.369 e. The number of nitrogens with zero attached hydrogens (tertiary/aromatic N) is 5. The molecule has 3 rings (SSSR count). The number of aromatic nitrogens is 4. The quantitative estimate of drug-likeness (QED) is 0.837. The molecule has 8 heteroatoms. The number of carbonyl (C=O) groups is 1. The zero-order valence-electron chi connectivity index (χ0n) is 16.1. The molecule has 0 unspecified atom stereocenters. The number of hydrogen-bond acceptors (Lipinski definition) is 5. The van der Waals surface area contributed by atoms with Crippen LogP contribution in [0.3, 0.4) is 0 Å². The van der Waals surface area contributed by atoms with Crippen LogP contribution in [0.25, 0.3) is 0 Å². The van der Waals surface area contributed by atoms with Crippen molar-refractivity contribution in [3.8, 4) is 0 Å². The highest BCUT2D eigenvalue weighted by Crippen LogP contribution is 2.33. The molecule has 1 amide bonds. The Balaban J connectivity index is 1.99. The molecule has 1 fully saturated rings. The molecule has 0 bridgehead atoms. The molecule has 2 heterocycles. The number of nitrogens with two attached hydrogens (primary N) is 1. The first-order valence-electron chi connectivity index (χ1n) is 9.41. The van der Waals surface area contributed by atoms with Gasteiger partial charge in [0.25, 0.3) is 0 Å². The maximum absolute atomic E-state index is 13.5. The van der Waals surface area contributed by atoms with E-state index in [0.717, 1.165) is 17.8 Å². The van der Waals surface area contributed by atoms with Crippen molar-refractivity contribution in [1.29, 1.82) is 0 Å². The number of carbonyl (C=O) groups excluding carboxylic acids is 1. The van der Waals surface area contributed by atoms with Gasteiger partial charge in [-0.25, -0.2) is 9.07 Å². The predicted molar refractivity (Wildman–Crippen MR) is 99.2 cm³/mol. The Morgan fingerprint density at radius 2 is 1.93 bits per heavy atom. The number of amides is 1. The Kier molecular flexibility index (Phi) is 5.55. The van der Waals surface area contributed by atoms with Gasteiger partial charge in [-0.05, 0) is 74.3 Å². The summed E-state index contributed by atoms with van der Waals surface area (Å²) in [6, 6.07) is 6.26. The minimum atomic E-state index is -0.279. The monoisotopic (exact) mass is 374 g/mol. The van der Waals surface area contributed by atoms with Gasteiger partial charge >= 0.3 is 0 Å². The highest BCUT2D eigenvalue weighted by molar-refractivity contribution is 5.76. The maximum Gasteiger partial charge on any atom is 0.220 e. The molecule has 1 aliphatic heterocycles. The third kappa shape index (κ3) is 4.00. The van der Waals surface area contributed by atoms with Gasteiger partial charge in [0.1, 0.15) is 5.82 Å². The van der Waals surface area contributed by atoms with Gasteiger partial charge < -0.3 is 5.73 Å². The summed E-state index contributed by atoms with van der Waals surface area (Å²) in [6.45, 7) is 7.68. The van der Waals surface area contributed by atoms with E-state index in [2.05, 4.69) is 41.2 Å². The van der Waals surface area contributed by atoms with Crippen LogP contribution in [-0.4, -0.2) is 44.1 Å². The van der Waals surface area contributed by atoms with Gasteiger partial charge in [-0.3, -0.25) is 9.69 Å². The molecule has 1 aromatic heterocycles. The molecular formula is C19H27FN6O. The van der Waals surface area contributed by atoms with E-state index in [-0.39, 0.29) is 29.2 Å². The van der Waals surface area contributed by atoms with Gasteiger partial charge in [0.05, 0.1) is 11.6 Å². The molecule has 0 radical (unpaired) electrons. The highest BCUT2D eigenvalue weighted by atomic mass is 19.1. The van der Waals surface area contributed by atoms with Gasteiger partial charge in [0.15, 0.2) is 5.82 Å². The number of primary amides is 1. The second kappa shape index (κ2) is 7.72.